The quantitative estimate of drug-likeness (QED) is 0.356. The first kappa shape index (κ1) is 24.3. The number of aromatic nitrogens is 3. The molecule has 2 aromatic heterocycles. The molecule has 1 amide bonds. The second kappa shape index (κ2) is 10.2. The molecule has 8 nitrogen and oxygen atoms in total. The summed E-state index contributed by atoms with van der Waals surface area (Å²) in [6, 6.07) is 13.9. The number of rotatable bonds is 6. The van der Waals surface area contributed by atoms with Crippen molar-refractivity contribution in [1.82, 2.24) is 15.0 Å². The van der Waals surface area contributed by atoms with Crippen molar-refractivity contribution in [2.24, 2.45) is 4.99 Å². The Balaban J connectivity index is 1.62. The van der Waals surface area contributed by atoms with Crippen LogP contribution in [0.4, 0.5) is 24.7 Å². The maximum absolute atomic E-state index is 13.0. The lowest BCUT2D eigenvalue weighted by molar-refractivity contribution is -0.137. The lowest BCUT2D eigenvalue weighted by atomic mass is 10.1. The molecule has 0 aliphatic carbocycles. The van der Waals surface area contributed by atoms with E-state index >= 15 is 0 Å². The fraction of sp³-hybridized carbons (Fsp3) is 0.0800. The van der Waals surface area contributed by atoms with Gasteiger partial charge in [0, 0.05) is 42.5 Å². The van der Waals surface area contributed by atoms with Crippen LogP contribution in [0.1, 0.15) is 21.5 Å². The second-order valence-electron chi connectivity index (χ2n) is 7.44. The predicted molar refractivity (Wildman–Crippen MR) is 129 cm³/mol. The van der Waals surface area contributed by atoms with Gasteiger partial charge in [0.1, 0.15) is 11.6 Å². The third kappa shape index (κ3) is 5.63. The van der Waals surface area contributed by atoms with E-state index in [1.54, 1.807) is 43.7 Å². The van der Waals surface area contributed by atoms with E-state index in [9.17, 15) is 18.0 Å². The normalized spacial score (nSPS) is 11.4. The molecule has 3 N–H and O–H groups in total. The lowest BCUT2D eigenvalue weighted by Gasteiger charge is -2.13. The SMILES string of the molecule is CN=Cc1c(N)nc(-c2cccnc2)nc1Oc1cccc(C(=O)Nc2cccc(C(F)(F)F)c2)c1. The summed E-state index contributed by atoms with van der Waals surface area (Å²) in [5, 5.41) is 2.46. The Morgan fingerprint density at radius 3 is 2.61 bits per heavy atom. The molecule has 0 atom stereocenters. The Morgan fingerprint density at radius 1 is 1.08 bits per heavy atom. The highest BCUT2D eigenvalue weighted by atomic mass is 19.4. The monoisotopic (exact) mass is 492 g/mol. The number of benzene rings is 2. The lowest BCUT2D eigenvalue weighted by Crippen LogP contribution is -2.13. The van der Waals surface area contributed by atoms with Gasteiger partial charge in [-0.25, -0.2) is 4.98 Å². The number of hydrogen-bond acceptors (Lipinski definition) is 7. The van der Waals surface area contributed by atoms with Crippen LogP contribution in [0.2, 0.25) is 0 Å². The average Bonchev–Trinajstić information content (AvgIpc) is 2.86. The third-order valence-corrected chi connectivity index (χ3v) is 4.88. The summed E-state index contributed by atoms with van der Waals surface area (Å²) in [5.41, 5.74) is 6.37. The summed E-state index contributed by atoms with van der Waals surface area (Å²) in [7, 11) is 1.55. The topological polar surface area (TPSA) is 115 Å². The first-order chi connectivity index (χ1) is 17.2. The summed E-state index contributed by atoms with van der Waals surface area (Å²) >= 11 is 0. The number of carbonyl (C=O) groups excluding carboxylic acids is 1. The molecule has 4 aromatic rings. The summed E-state index contributed by atoms with van der Waals surface area (Å²) in [4.78, 5) is 29.5. The van der Waals surface area contributed by atoms with Crippen molar-refractivity contribution in [3.63, 3.8) is 0 Å². The predicted octanol–water partition coefficient (Wildman–Crippen LogP) is 5.23. The van der Waals surface area contributed by atoms with Crippen molar-refractivity contribution in [1.29, 1.82) is 0 Å². The summed E-state index contributed by atoms with van der Waals surface area (Å²) in [6.07, 6.45) is 0.104. The van der Waals surface area contributed by atoms with Gasteiger partial charge in [0.25, 0.3) is 5.91 Å². The molecule has 0 fully saturated rings. The van der Waals surface area contributed by atoms with E-state index in [2.05, 4.69) is 25.3 Å². The molecule has 36 heavy (non-hydrogen) atoms. The van der Waals surface area contributed by atoms with Crippen molar-refractivity contribution in [3.8, 4) is 23.0 Å². The van der Waals surface area contributed by atoms with E-state index in [4.69, 9.17) is 10.5 Å². The first-order valence-electron chi connectivity index (χ1n) is 10.5. The number of nitrogens with one attached hydrogen (secondary N) is 1. The van der Waals surface area contributed by atoms with Crippen LogP contribution in [-0.4, -0.2) is 34.1 Å². The van der Waals surface area contributed by atoms with E-state index in [0.717, 1.165) is 12.1 Å². The first-order valence-corrected chi connectivity index (χ1v) is 10.5. The van der Waals surface area contributed by atoms with Crippen molar-refractivity contribution < 1.29 is 22.7 Å². The van der Waals surface area contributed by atoms with Gasteiger partial charge < -0.3 is 15.8 Å². The number of nitrogens with two attached hydrogens (primary N) is 1. The molecule has 2 aromatic carbocycles. The van der Waals surface area contributed by atoms with E-state index in [1.165, 1.54) is 30.5 Å². The molecule has 4 rings (SSSR count). The number of ether oxygens (including phenoxy) is 1. The molecule has 0 aliphatic heterocycles. The fourth-order valence-corrected chi connectivity index (χ4v) is 3.21. The van der Waals surface area contributed by atoms with E-state index in [0.29, 0.717) is 11.1 Å². The van der Waals surface area contributed by atoms with Gasteiger partial charge in [-0.15, -0.1) is 0 Å². The summed E-state index contributed by atoms with van der Waals surface area (Å²) < 4.78 is 44.9. The van der Waals surface area contributed by atoms with Gasteiger partial charge in [0.05, 0.1) is 11.1 Å². The Kier molecular flexibility index (Phi) is 6.91. The zero-order valence-corrected chi connectivity index (χ0v) is 18.8. The van der Waals surface area contributed by atoms with Crippen LogP contribution in [0.15, 0.2) is 78.0 Å². The number of alkyl halides is 3. The highest BCUT2D eigenvalue weighted by Crippen LogP contribution is 2.31. The van der Waals surface area contributed by atoms with Crippen molar-refractivity contribution in [2.45, 2.75) is 6.18 Å². The minimum Gasteiger partial charge on any atom is -0.438 e. The van der Waals surface area contributed by atoms with Gasteiger partial charge in [-0.2, -0.15) is 18.2 Å². The molecule has 0 saturated heterocycles. The number of halogens is 3. The maximum atomic E-state index is 13.0. The van der Waals surface area contributed by atoms with E-state index < -0.39 is 17.6 Å². The Bertz CT molecular complexity index is 1430. The molecule has 0 bridgehead atoms. The molecule has 0 spiro atoms. The van der Waals surface area contributed by atoms with Crippen molar-refractivity contribution >= 4 is 23.6 Å². The van der Waals surface area contributed by atoms with Crippen molar-refractivity contribution in [2.75, 3.05) is 18.1 Å². The Morgan fingerprint density at radius 2 is 1.89 bits per heavy atom. The standard InChI is InChI=1S/C25H19F3N6O2/c1-30-14-20-21(29)33-22(16-6-4-10-31-13-16)34-24(20)36-19-9-2-5-15(11-19)23(35)32-18-8-3-7-17(12-18)25(26,27)28/h2-14H,1H3,(H,32,35)(H2,29,33,34). The van der Waals surface area contributed by atoms with E-state index in [-0.39, 0.29) is 34.5 Å². The number of hydrogen-bond donors (Lipinski definition) is 2. The minimum absolute atomic E-state index is 0.00674. The zero-order valence-electron chi connectivity index (χ0n) is 18.8. The number of nitrogens with zero attached hydrogens (tertiary/aromatic N) is 4. The molecule has 11 heteroatoms. The number of nitrogen functional groups attached to an aromatic ring is 1. The van der Waals surface area contributed by atoms with Crippen molar-refractivity contribution in [3.05, 3.63) is 89.7 Å². The zero-order chi connectivity index (χ0) is 25.7. The van der Waals surface area contributed by atoms with Crippen LogP contribution >= 0.6 is 0 Å². The van der Waals surface area contributed by atoms with Gasteiger partial charge in [-0.3, -0.25) is 14.8 Å². The fourth-order valence-electron chi connectivity index (χ4n) is 3.21. The second-order valence-corrected chi connectivity index (χ2v) is 7.44. The van der Waals surface area contributed by atoms with Crippen LogP contribution in [0.25, 0.3) is 11.4 Å². The average molecular weight is 492 g/mol. The van der Waals surface area contributed by atoms with Gasteiger partial charge in [0.15, 0.2) is 5.82 Å². The van der Waals surface area contributed by atoms with Gasteiger partial charge in [-0.1, -0.05) is 12.1 Å². The van der Waals surface area contributed by atoms with Crippen LogP contribution < -0.4 is 15.8 Å². The van der Waals surface area contributed by atoms with Crippen LogP contribution in [0.3, 0.4) is 0 Å². The molecule has 182 valence electrons. The maximum Gasteiger partial charge on any atom is 0.416 e. The van der Waals surface area contributed by atoms with Gasteiger partial charge in [0.2, 0.25) is 5.88 Å². The van der Waals surface area contributed by atoms with Crippen LogP contribution in [-0.2, 0) is 6.18 Å². The molecular formula is C25H19F3N6O2. The molecule has 0 saturated carbocycles. The summed E-state index contributed by atoms with van der Waals surface area (Å²) in [5.74, 6) is 0.133. The Labute approximate surface area is 203 Å². The number of amides is 1. The minimum atomic E-state index is -4.53. The summed E-state index contributed by atoms with van der Waals surface area (Å²) in [6.45, 7) is 0. The Hall–Kier alpha value is -4.80. The number of aliphatic imine (C=N–C) groups is 1. The largest absolute Gasteiger partial charge is 0.438 e. The molecule has 0 unspecified atom stereocenters. The van der Waals surface area contributed by atoms with Crippen LogP contribution in [0.5, 0.6) is 11.6 Å². The third-order valence-electron chi connectivity index (χ3n) is 4.88. The molecule has 2 heterocycles. The number of anilines is 2. The highest BCUT2D eigenvalue weighted by molar-refractivity contribution is 6.04. The molecule has 0 radical (unpaired) electrons. The number of pyridine rings is 1. The van der Waals surface area contributed by atoms with Gasteiger partial charge in [-0.05, 0) is 48.5 Å². The van der Waals surface area contributed by atoms with E-state index in [1.807, 2.05) is 0 Å². The van der Waals surface area contributed by atoms with Crippen LogP contribution in [0, 0.1) is 0 Å². The smallest absolute Gasteiger partial charge is 0.416 e. The number of carbonyl (C=O) groups is 1. The van der Waals surface area contributed by atoms with Gasteiger partial charge >= 0.3 is 6.18 Å². The molecule has 0 aliphatic rings. The molecular weight excluding hydrogens is 473 g/mol. The highest BCUT2D eigenvalue weighted by Gasteiger charge is 2.30.